The minimum atomic E-state index is 0.820. The fourth-order valence-electron chi connectivity index (χ4n) is 2.05. The van der Waals surface area contributed by atoms with Crippen molar-refractivity contribution in [3.05, 3.63) is 60.3 Å². The van der Waals surface area contributed by atoms with Crippen molar-refractivity contribution in [2.24, 2.45) is 0 Å². The van der Waals surface area contributed by atoms with E-state index in [4.69, 9.17) is 5.73 Å². The van der Waals surface area contributed by atoms with Crippen LogP contribution in [0.25, 0.3) is 22.0 Å². The molecule has 2 nitrogen and oxygen atoms in total. The molecule has 0 radical (unpaired) electrons. The summed E-state index contributed by atoms with van der Waals surface area (Å²) in [5.74, 6) is 0. The molecule has 2 heteroatoms. The maximum absolute atomic E-state index is 5.95. The van der Waals surface area contributed by atoms with Crippen molar-refractivity contribution in [1.29, 1.82) is 0 Å². The number of benzene rings is 2. The van der Waals surface area contributed by atoms with Gasteiger partial charge < -0.3 is 5.73 Å². The Bertz CT molecular complexity index is 717. The quantitative estimate of drug-likeness (QED) is 0.650. The highest BCUT2D eigenvalue weighted by atomic mass is 14.6. The predicted molar refractivity (Wildman–Crippen MR) is 76.3 cm³/mol. The van der Waals surface area contributed by atoms with Crippen molar-refractivity contribution in [2.75, 3.05) is 5.73 Å². The Morgan fingerprint density at radius 1 is 0.944 bits per heavy atom. The number of aryl methyl sites for hydroxylation is 1. The van der Waals surface area contributed by atoms with Crippen LogP contribution >= 0.6 is 0 Å². The van der Waals surface area contributed by atoms with Gasteiger partial charge in [0.2, 0.25) is 0 Å². The molecular weight excluding hydrogens is 220 g/mol. The van der Waals surface area contributed by atoms with E-state index in [1.807, 2.05) is 43.5 Å². The maximum atomic E-state index is 5.95. The van der Waals surface area contributed by atoms with Gasteiger partial charge in [0.1, 0.15) is 0 Å². The first-order valence-electron chi connectivity index (χ1n) is 5.95. The van der Waals surface area contributed by atoms with E-state index in [9.17, 15) is 0 Å². The van der Waals surface area contributed by atoms with Crippen LogP contribution in [0.2, 0.25) is 0 Å². The van der Waals surface area contributed by atoms with Crippen molar-refractivity contribution in [3.63, 3.8) is 0 Å². The molecule has 0 spiro atoms. The van der Waals surface area contributed by atoms with Gasteiger partial charge in [-0.25, -0.2) is 0 Å². The Labute approximate surface area is 106 Å². The normalized spacial score (nSPS) is 10.7. The third-order valence-electron chi connectivity index (χ3n) is 3.20. The van der Waals surface area contributed by atoms with E-state index < -0.39 is 0 Å². The van der Waals surface area contributed by atoms with Gasteiger partial charge in [-0.2, -0.15) is 0 Å². The van der Waals surface area contributed by atoms with E-state index in [1.54, 1.807) is 0 Å². The van der Waals surface area contributed by atoms with E-state index in [-0.39, 0.29) is 0 Å². The zero-order chi connectivity index (χ0) is 12.5. The van der Waals surface area contributed by atoms with Crippen molar-refractivity contribution in [1.82, 2.24) is 4.98 Å². The molecule has 0 bridgehead atoms. The third-order valence-corrected chi connectivity index (χ3v) is 3.20. The maximum Gasteiger partial charge on any atom is 0.0702 e. The first-order chi connectivity index (χ1) is 8.74. The van der Waals surface area contributed by atoms with E-state index in [1.165, 1.54) is 0 Å². The monoisotopic (exact) mass is 234 g/mol. The average Bonchev–Trinajstić information content (AvgIpc) is 2.41. The lowest BCUT2D eigenvalue weighted by Gasteiger charge is -2.06. The second-order valence-corrected chi connectivity index (χ2v) is 4.49. The van der Waals surface area contributed by atoms with Gasteiger partial charge in [0.25, 0.3) is 0 Å². The van der Waals surface area contributed by atoms with Gasteiger partial charge in [0, 0.05) is 22.8 Å². The highest BCUT2D eigenvalue weighted by Crippen LogP contribution is 2.25. The summed E-state index contributed by atoms with van der Waals surface area (Å²) in [5.41, 5.74) is 11.1. The van der Waals surface area contributed by atoms with Gasteiger partial charge in [0.05, 0.1) is 5.52 Å². The van der Waals surface area contributed by atoms with E-state index in [0.717, 1.165) is 33.3 Å². The van der Waals surface area contributed by atoms with Gasteiger partial charge >= 0.3 is 0 Å². The van der Waals surface area contributed by atoms with Crippen molar-refractivity contribution in [3.8, 4) is 11.1 Å². The molecule has 0 atom stereocenters. The molecular formula is C16H14N2. The van der Waals surface area contributed by atoms with Crippen LogP contribution in [0.1, 0.15) is 5.56 Å². The molecule has 0 aliphatic carbocycles. The molecule has 0 unspecified atom stereocenters. The lowest BCUT2D eigenvalue weighted by Crippen LogP contribution is -1.90. The summed E-state index contributed by atoms with van der Waals surface area (Å²) in [6.45, 7) is 2.01. The number of para-hydroxylation sites is 1. The minimum absolute atomic E-state index is 0.820. The summed E-state index contributed by atoms with van der Waals surface area (Å²) in [6.07, 6.45) is 1.90. The number of hydrogen-bond donors (Lipinski definition) is 1. The number of nitrogens with two attached hydrogens (primary N) is 1. The zero-order valence-electron chi connectivity index (χ0n) is 10.2. The molecule has 0 aliphatic heterocycles. The Morgan fingerprint density at radius 3 is 2.61 bits per heavy atom. The number of fused-ring (bicyclic) bond motifs is 1. The third kappa shape index (κ3) is 1.82. The number of nitrogens with zero attached hydrogens (tertiary/aromatic N) is 1. The van der Waals surface area contributed by atoms with Gasteiger partial charge in [-0.3, -0.25) is 4.98 Å². The molecule has 2 N–H and O–H groups in total. The lowest BCUT2D eigenvalue weighted by molar-refractivity contribution is 1.40. The highest BCUT2D eigenvalue weighted by molar-refractivity contribution is 5.84. The number of anilines is 1. The predicted octanol–water partition coefficient (Wildman–Crippen LogP) is 3.79. The van der Waals surface area contributed by atoms with Crippen LogP contribution in [-0.4, -0.2) is 4.98 Å². The van der Waals surface area contributed by atoms with E-state index in [0.29, 0.717) is 0 Å². The first-order valence-corrected chi connectivity index (χ1v) is 5.95. The fourth-order valence-corrected chi connectivity index (χ4v) is 2.05. The zero-order valence-corrected chi connectivity index (χ0v) is 10.2. The second kappa shape index (κ2) is 4.15. The summed E-state index contributed by atoms with van der Waals surface area (Å²) in [5, 5.41) is 1.15. The summed E-state index contributed by atoms with van der Waals surface area (Å²) in [4.78, 5) is 4.47. The lowest BCUT2D eigenvalue weighted by atomic mass is 10.0. The number of rotatable bonds is 1. The van der Waals surface area contributed by atoms with Crippen LogP contribution in [0.4, 0.5) is 5.69 Å². The van der Waals surface area contributed by atoms with Gasteiger partial charge in [0.15, 0.2) is 0 Å². The minimum Gasteiger partial charge on any atom is -0.398 e. The topological polar surface area (TPSA) is 38.9 Å². The van der Waals surface area contributed by atoms with Crippen LogP contribution in [0, 0.1) is 6.92 Å². The van der Waals surface area contributed by atoms with E-state index in [2.05, 4.69) is 23.2 Å². The Balaban J connectivity index is 2.16. The van der Waals surface area contributed by atoms with Crippen LogP contribution in [0.3, 0.4) is 0 Å². The molecule has 0 fully saturated rings. The molecule has 0 saturated carbocycles. The standard InChI is InChI=1S/C16H14N2/c1-11-6-7-12(9-15(11)17)14-8-13-4-2-3-5-16(13)18-10-14/h2-10H,17H2,1H3. The number of aromatic nitrogens is 1. The molecule has 88 valence electrons. The Kier molecular flexibility index (Phi) is 2.49. The highest BCUT2D eigenvalue weighted by Gasteiger charge is 2.02. The second-order valence-electron chi connectivity index (χ2n) is 4.49. The summed E-state index contributed by atoms with van der Waals surface area (Å²) in [7, 11) is 0. The van der Waals surface area contributed by atoms with Crippen molar-refractivity contribution < 1.29 is 0 Å². The smallest absolute Gasteiger partial charge is 0.0702 e. The Hall–Kier alpha value is -2.35. The van der Waals surface area contributed by atoms with Crippen LogP contribution in [0.15, 0.2) is 54.7 Å². The molecule has 18 heavy (non-hydrogen) atoms. The summed E-state index contributed by atoms with van der Waals surface area (Å²) in [6, 6.07) is 16.4. The number of pyridine rings is 1. The summed E-state index contributed by atoms with van der Waals surface area (Å²) >= 11 is 0. The summed E-state index contributed by atoms with van der Waals surface area (Å²) < 4.78 is 0. The largest absolute Gasteiger partial charge is 0.398 e. The van der Waals surface area contributed by atoms with Crippen LogP contribution in [0.5, 0.6) is 0 Å². The first kappa shape index (κ1) is 10.8. The molecule has 1 heterocycles. The molecule has 0 amide bonds. The van der Waals surface area contributed by atoms with E-state index >= 15 is 0 Å². The fraction of sp³-hybridized carbons (Fsp3) is 0.0625. The van der Waals surface area contributed by atoms with Crippen LogP contribution < -0.4 is 5.73 Å². The van der Waals surface area contributed by atoms with Crippen molar-refractivity contribution in [2.45, 2.75) is 6.92 Å². The molecule has 1 aromatic heterocycles. The molecule has 0 saturated heterocycles. The molecule has 0 aliphatic rings. The van der Waals surface area contributed by atoms with Gasteiger partial charge in [-0.05, 0) is 36.2 Å². The van der Waals surface area contributed by atoms with Crippen molar-refractivity contribution >= 4 is 16.6 Å². The molecule has 3 rings (SSSR count). The van der Waals surface area contributed by atoms with Crippen LogP contribution in [-0.2, 0) is 0 Å². The molecule has 3 aromatic rings. The number of nitrogen functional groups attached to an aromatic ring is 1. The molecule has 2 aromatic carbocycles. The Morgan fingerprint density at radius 2 is 1.78 bits per heavy atom. The SMILES string of the molecule is Cc1ccc(-c2cnc3ccccc3c2)cc1N. The number of hydrogen-bond acceptors (Lipinski definition) is 2. The van der Waals surface area contributed by atoms with Gasteiger partial charge in [-0.15, -0.1) is 0 Å². The average molecular weight is 234 g/mol. The van der Waals surface area contributed by atoms with Gasteiger partial charge in [-0.1, -0.05) is 30.3 Å².